The van der Waals surface area contributed by atoms with Gasteiger partial charge in [0, 0.05) is 30.8 Å². The molecule has 0 aromatic carbocycles. The molecule has 0 radical (unpaired) electrons. The number of rotatable bonds is 4. The van der Waals surface area contributed by atoms with E-state index >= 15 is 0 Å². The minimum Gasteiger partial charge on any atom is -0.385 e. The predicted molar refractivity (Wildman–Crippen MR) is 116 cm³/mol. The molecule has 0 bridgehead atoms. The fourth-order valence-electron chi connectivity index (χ4n) is 3.09. The molecule has 3 aromatic heterocycles. The van der Waals surface area contributed by atoms with Gasteiger partial charge in [-0.1, -0.05) is 0 Å². The zero-order valence-corrected chi connectivity index (χ0v) is 17.1. The van der Waals surface area contributed by atoms with Crippen molar-refractivity contribution in [1.29, 1.82) is 5.41 Å². The number of H-pyrrole nitrogens is 1. The number of carbonyl (C=O) groups is 1. The molecule has 3 heterocycles. The number of nitrogen functional groups attached to an aromatic ring is 1. The number of aryl methyl sites for hydroxylation is 2. The number of aromatic amines is 1. The first kappa shape index (κ1) is 20.5. The number of carbonyl (C=O) groups excluding carboxylic acids is 1. The van der Waals surface area contributed by atoms with Gasteiger partial charge >= 0.3 is 0 Å². The van der Waals surface area contributed by atoms with Gasteiger partial charge < -0.3 is 26.3 Å². The Morgan fingerprint density at radius 1 is 1.31 bits per heavy atom. The molecule has 0 saturated carbocycles. The van der Waals surface area contributed by atoms with Crippen molar-refractivity contribution < 1.29 is 4.79 Å². The van der Waals surface area contributed by atoms with Crippen LogP contribution in [0.3, 0.4) is 0 Å². The maximum Gasteiger partial charge on any atom is 0.273 e. The molecular formula is C19H23N7O2S. The molecule has 3 aromatic rings. The highest BCUT2D eigenvalue weighted by atomic mass is 32.1. The minimum atomic E-state index is -0.339. The number of anilines is 3. The fraction of sp³-hybridized carbons (Fsp3) is 0.316. The molecule has 0 spiro atoms. The second-order valence-electron chi connectivity index (χ2n) is 6.83. The predicted octanol–water partition coefficient (Wildman–Crippen LogP) is 2.29. The third kappa shape index (κ3) is 4.43. The number of nitrogens with zero attached hydrogens (tertiary/aromatic N) is 3. The molecule has 10 heteroatoms. The molecule has 0 unspecified atom stereocenters. The first-order valence-electron chi connectivity index (χ1n) is 9.11. The highest BCUT2D eigenvalue weighted by Crippen LogP contribution is 2.38. The topological polar surface area (TPSA) is 141 Å². The number of nitrogens with two attached hydrogens (primary N) is 1. The summed E-state index contributed by atoms with van der Waals surface area (Å²) < 4.78 is 0. The summed E-state index contributed by atoms with van der Waals surface area (Å²) in [5, 5.41) is 11.5. The monoisotopic (exact) mass is 413 g/mol. The molecule has 0 aliphatic heterocycles. The van der Waals surface area contributed by atoms with Gasteiger partial charge in [0.25, 0.3) is 5.56 Å². The van der Waals surface area contributed by atoms with Gasteiger partial charge in [-0.3, -0.25) is 9.59 Å². The minimum absolute atomic E-state index is 0.182. The molecular weight excluding hydrogens is 390 g/mol. The van der Waals surface area contributed by atoms with E-state index in [0.29, 0.717) is 17.1 Å². The summed E-state index contributed by atoms with van der Waals surface area (Å²) in [4.78, 5) is 36.6. The molecule has 0 fully saturated rings. The number of nitrogens with one attached hydrogen (secondary N) is 3. The van der Waals surface area contributed by atoms with Crippen LogP contribution in [0, 0.1) is 5.41 Å². The molecule has 4 rings (SSSR count). The summed E-state index contributed by atoms with van der Waals surface area (Å²) in [6.07, 6.45) is 7.83. The van der Waals surface area contributed by atoms with Gasteiger partial charge in [0.15, 0.2) is 0 Å². The average Bonchev–Trinajstić information content (AvgIpc) is 3.10. The van der Waals surface area contributed by atoms with Crippen LogP contribution in [0.1, 0.15) is 28.8 Å². The molecule has 0 saturated heterocycles. The number of thiophene rings is 1. The Balaban J connectivity index is 0.000000431. The number of fused-ring (bicyclic) bond motifs is 3. The van der Waals surface area contributed by atoms with E-state index in [9.17, 15) is 9.59 Å². The maximum atomic E-state index is 12.2. The van der Waals surface area contributed by atoms with E-state index in [1.165, 1.54) is 28.1 Å². The van der Waals surface area contributed by atoms with Crippen molar-refractivity contribution in [3.63, 3.8) is 0 Å². The molecule has 5 N–H and O–H groups in total. The van der Waals surface area contributed by atoms with E-state index in [2.05, 4.69) is 20.3 Å². The molecule has 1 amide bonds. The highest BCUT2D eigenvalue weighted by molar-refractivity contribution is 7.19. The van der Waals surface area contributed by atoms with E-state index in [4.69, 9.17) is 11.1 Å². The Hall–Kier alpha value is -3.27. The van der Waals surface area contributed by atoms with Crippen molar-refractivity contribution in [2.24, 2.45) is 0 Å². The summed E-state index contributed by atoms with van der Waals surface area (Å²) in [5.74, 6) is 0.812. The van der Waals surface area contributed by atoms with Crippen molar-refractivity contribution in [1.82, 2.24) is 19.9 Å². The number of amides is 1. The van der Waals surface area contributed by atoms with Crippen LogP contribution in [0.4, 0.5) is 17.3 Å². The molecule has 0 atom stereocenters. The lowest BCUT2D eigenvalue weighted by atomic mass is 9.97. The van der Waals surface area contributed by atoms with Crippen LogP contribution in [0.5, 0.6) is 0 Å². The van der Waals surface area contributed by atoms with Crippen LogP contribution in [-0.4, -0.2) is 46.6 Å². The third-order valence-electron chi connectivity index (χ3n) is 4.47. The number of pyridine rings is 1. The number of hydrogen-bond acceptors (Lipinski definition) is 8. The SMILES string of the molecule is CN(C)C=O.N=Cc1cc(Nc2ncnc3sc4c(c23)CCCC4)c(=O)[nH]c1N. The van der Waals surface area contributed by atoms with Gasteiger partial charge in [-0.15, -0.1) is 11.3 Å². The highest BCUT2D eigenvalue weighted by Gasteiger charge is 2.20. The van der Waals surface area contributed by atoms with Gasteiger partial charge in [0.2, 0.25) is 6.41 Å². The van der Waals surface area contributed by atoms with Crippen LogP contribution in [-0.2, 0) is 17.6 Å². The quantitative estimate of drug-likeness (QED) is 0.382. The number of aromatic nitrogens is 3. The van der Waals surface area contributed by atoms with Crippen LogP contribution in [0.15, 0.2) is 17.2 Å². The summed E-state index contributed by atoms with van der Waals surface area (Å²) in [7, 11) is 3.38. The molecule has 1 aliphatic rings. The summed E-state index contributed by atoms with van der Waals surface area (Å²) in [6.45, 7) is 0. The van der Waals surface area contributed by atoms with Crippen molar-refractivity contribution in [3.8, 4) is 0 Å². The van der Waals surface area contributed by atoms with Crippen molar-refractivity contribution >= 4 is 51.5 Å². The lowest BCUT2D eigenvalue weighted by Gasteiger charge is -2.12. The van der Waals surface area contributed by atoms with Crippen LogP contribution < -0.4 is 16.6 Å². The summed E-state index contributed by atoms with van der Waals surface area (Å²) in [6, 6.07) is 1.56. The standard InChI is InChI=1S/C16H16N6OS.C3H7NO/c17-6-8-5-10(15(23)22-13(8)18)21-14-12-9-3-1-2-4-11(9)24-16(12)20-7-19-14;1-4(2)3-5/h5-7,17H,1-4H2,(H3,18,22,23)(H,19,20,21);3H,1-2H3. The fourth-order valence-corrected chi connectivity index (χ4v) is 4.31. The second-order valence-corrected chi connectivity index (χ2v) is 7.92. The molecule has 1 aliphatic carbocycles. The zero-order chi connectivity index (χ0) is 21.0. The zero-order valence-electron chi connectivity index (χ0n) is 16.3. The van der Waals surface area contributed by atoms with Crippen molar-refractivity contribution in [3.05, 3.63) is 38.8 Å². The van der Waals surface area contributed by atoms with E-state index in [1.807, 2.05) is 0 Å². The van der Waals surface area contributed by atoms with Crippen molar-refractivity contribution in [2.45, 2.75) is 25.7 Å². The van der Waals surface area contributed by atoms with Crippen LogP contribution in [0.2, 0.25) is 0 Å². The van der Waals surface area contributed by atoms with Gasteiger partial charge in [0.05, 0.1) is 5.39 Å². The third-order valence-corrected chi connectivity index (χ3v) is 5.67. The van der Waals surface area contributed by atoms with Gasteiger partial charge in [-0.25, -0.2) is 9.97 Å². The van der Waals surface area contributed by atoms with E-state index in [-0.39, 0.29) is 11.4 Å². The van der Waals surface area contributed by atoms with Crippen LogP contribution >= 0.6 is 11.3 Å². The smallest absolute Gasteiger partial charge is 0.273 e. The first-order valence-corrected chi connectivity index (χ1v) is 9.93. The Morgan fingerprint density at radius 2 is 2.03 bits per heavy atom. The summed E-state index contributed by atoms with van der Waals surface area (Å²) >= 11 is 1.71. The van der Waals surface area contributed by atoms with E-state index < -0.39 is 0 Å². The maximum absolute atomic E-state index is 12.2. The van der Waals surface area contributed by atoms with Crippen molar-refractivity contribution in [2.75, 3.05) is 25.1 Å². The van der Waals surface area contributed by atoms with Gasteiger partial charge in [0.1, 0.15) is 28.5 Å². The second kappa shape index (κ2) is 8.82. The Morgan fingerprint density at radius 3 is 2.72 bits per heavy atom. The average molecular weight is 414 g/mol. The molecule has 9 nitrogen and oxygen atoms in total. The lowest BCUT2D eigenvalue weighted by Crippen LogP contribution is -2.15. The van der Waals surface area contributed by atoms with E-state index in [0.717, 1.165) is 42.1 Å². The Kier molecular flexibility index (Phi) is 6.23. The first-order chi connectivity index (χ1) is 13.9. The molecule has 29 heavy (non-hydrogen) atoms. The van der Waals surface area contributed by atoms with E-state index in [1.54, 1.807) is 31.5 Å². The largest absolute Gasteiger partial charge is 0.385 e. The summed E-state index contributed by atoms with van der Waals surface area (Å²) in [5.41, 5.74) is 7.43. The van der Waals surface area contributed by atoms with Gasteiger partial charge in [-0.05, 0) is 37.3 Å². The normalized spacial score (nSPS) is 12.5. The van der Waals surface area contributed by atoms with Crippen LogP contribution in [0.25, 0.3) is 10.2 Å². The van der Waals surface area contributed by atoms with Gasteiger partial charge in [-0.2, -0.15) is 0 Å². The molecule has 152 valence electrons. The lowest BCUT2D eigenvalue weighted by molar-refractivity contribution is -0.115. The number of hydrogen-bond donors (Lipinski definition) is 4. The Labute approximate surface area is 171 Å². The Bertz CT molecular complexity index is 1100.